The summed E-state index contributed by atoms with van der Waals surface area (Å²) in [5.41, 5.74) is 0.650. The van der Waals surface area contributed by atoms with Gasteiger partial charge in [-0.05, 0) is 43.3 Å². The van der Waals surface area contributed by atoms with Gasteiger partial charge in [0.15, 0.2) is 6.61 Å². The minimum atomic E-state index is -0.248. The van der Waals surface area contributed by atoms with Crippen molar-refractivity contribution in [1.29, 1.82) is 0 Å². The first-order chi connectivity index (χ1) is 12.2. The molecular formula is C19H23NO5. The number of nitrogens with one attached hydrogen (secondary N) is 1. The van der Waals surface area contributed by atoms with Crippen molar-refractivity contribution in [1.82, 2.24) is 0 Å². The topological polar surface area (TPSA) is 66.0 Å². The number of methoxy groups -OCH3 is 1. The number of carbonyl (C=O) groups is 1. The summed E-state index contributed by atoms with van der Waals surface area (Å²) in [6.45, 7) is 3.51. The second kappa shape index (κ2) is 10.2. The van der Waals surface area contributed by atoms with Gasteiger partial charge < -0.3 is 24.3 Å². The van der Waals surface area contributed by atoms with Gasteiger partial charge in [-0.15, -0.1) is 0 Å². The number of anilines is 1. The molecular weight excluding hydrogens is 322 g/mol. The minimum absolute atomic E-state index is 0.0816. The summed E-state index contributed by atoms with van der Waals surface area (Å²) >= 11 is 0. The Morgan fingerprint density at radius 2 is 1.72 bits per heavy atom. The van der Waals surface area contributed by atoms with Crippen LogP contribution in [0.5, 0.6) is 17.2 Å². The summed E-state index contributed by atoms with van der Waals surface area (Å²) in [7, 11) is 1.60. The summed E-state index contributed by atoms with van der Waals surface area (Å²) in [5, 5.41) is 2.78. The van der Waals surface area contributed by atoms with Crippen LogP contribution in [0.1, 0.15) is 6.92 Å². The largest absolute Gasteiger partial charge is 0.497 e. The molecule has 0 aliphatic rings. The maximum absolute atomic E-state index is 12.0. The minimum Gasteiger partial charge on any atom is -0.497 e. The van der Waals surface area contributed by atoms with Gasteiger partial charge in [0, 0.05) is 18.4 Å². The molecule has 0 spiro atoms. The molecule has 0 fully saturated rings. The second-order valence-corrected chi connectivity index (χ2v) is 5.09. The Morgan fingerprint density at radius 1 is 0.960 bits per heavy atom. The van der Waals surface area contributed by atoms with Crippen LogP contribution in [0.4, 0.5) is 5.69 Å². The Morgan fingerprint density at radius 3 is 2.44 bits per heavy atom. The fourth-order valence-corrected chi connectivity index (χ4v) is 2.04. The third-order valence-electron chi connectivity index (χ3n) is 3.25. The summed E-state index contributed by atoms with van der Waals surface area (Å²) in [5.74, 6) is 1.76. The number of carbonyl (C=O) groups excluding carboxylic acids is 1. The average Bonchev–Trinajstić information content (AvgIpc) is 2.64. The van der Waals surface area contributed by atoms with E-state index in [9.17, 15) is 4.79 Å². The molecule has 1 amide bonds. The van der Waals surface area contributed by atoms with Gasteiger partial charge in [0.2, 0.25) is 0 Å². The summed E-state index contributed by atoms with van der Waals surface area (Å²) < 4.78 is 21.3. The highest BCUT2D eigenvalue weighted by molar-refractivity contribution is 5.92. The van der Waals surface area contributed by atoms with Crippen LogP contribution in [-0.4, -0.2) is 39.4 Å². The number of rotatable bonds is 10. The van der Waals surface area contributed by atoms with Crippen molar-refractivity contribution >= 4 is 11.6 Å². The van der Waals surface area contributed by atoms with Gasteiger partial charge in [-0.3, -0.25) is 4.79 Å². The fraction of sp³-hybridized carbons (Fsp3) is 0.316. The number of hydrogen-bond donors (Lipinski definition) is 1. The van der Waals surface area contributed by atoms with E-state index in [1.54, 1.807) is 43.5 Å². The standard InChI is InChI=1S/C19H23NO5/c1-3-23-11-12-24-18-6-4-5-15(13-18)20-19(21)14-25-17-9-7-16(22-2)8-10-17/h4-10,13H,3,11-12,14H2,1-2H3,(H,20,21). The maximum Gasteiger partial charge on any atom is 0.262 e. The molecule has 2 aromatic carbocycles. The molecule has 0 unspecified atom stereocenters. The van der Waals surface area contributed by atoms with Crippen molar-refractivity contribution in [2.75, 3.05) is 38.9 Å². The van der Waals surface area contributed by atoms with Gasteiger partial charge >= 0.3 is 0 Å². The van der Waals surface area contributed by atoms with Crippen LogP contribution >= 0.6 is 0 Å². The predicted molar refractivity (Wildman–Crippen MR) is 95.5 cm³/mol. The third-order valence-corrected chi connectivity index (χ3v) is 3.25. The van der Waals surface area contributed by atoms with Crippen LogP contribution in [0.25, 0.3) is 0 Å². The molecule has 0 radical (unpaired) electrons. The Balaban J connectivity index is 1.79. The smallest absolute Gasteiger partial charge is 0.262 e. The van der Waals surface area contributed by atoms with E-state index in [1.165, 1.54) is 0 Å². The molecule has 1 N–H and O–H groups in total. The van der Waals surface area contributed by atoms with Crippen LogP contribution in [0, 0.1) is 0 Å². The first-order valence-corrected chi connectivity index (χ1v) is 8.08. The Kier molecular flexibility index (Phi) is 7.59. The lowest BCUT2D eigenvalue weighted by atomic mass is 10.3. The highest BCUT2D eigenvalue weighted by Gasteiger charge is 2.05. The molecule has 6 heteroatoms. The lowest BCUT2D eigenvalue weighted by molar-refractivity contribution is -0.118. The highest BCUT2D eigenvalue weighted by Crippen LogP contribution is 2.18. The Labute approximate surface area is 147 Å². The van der Waals surface area contributed by atoms with Gasteiger partial charge in [-0.1, -0.05) is 6.07 Å². The molecule has 134 valence electrons. The predicted octanol–water partition coefficient (Wildman–Crippen LogP) is 3.13. The first-order valence-electron chi connectivity index (χ1n) is 8.08. The monoisotopic (exact) mass is 345 g/mol. The number of ether oxygens (including phenoxy) is 4. The normalized spacial score (nSPS) is 10.2. The van der Waals surface area contributed by atoms with Crippen molar-refractivity contribution in [2.45, 2.75) is 6.92 Å². The molecule has 0 atom stereocenters. The van der Waals surface area contributed by atoms with Crippen molar-refractivity contribution < 1.29 is 23.7 Å². The Bertz CT molecular complexity index is 657. The quantitative estimate of drug-likeness (QED) is 0.670. The average molecular weight is 345 g/mol. The highest BCUT2D eigenvalue weighted by atomic mass is 16.5. The van der Waals surface area contributed by atoms with Gasteiger partial charge in [0.25, 0.3) is 5.91 Å². The SMILES string of the molecule is CCOCCOc1cccc(NC(=O)COc2ccc(OC)cc2)c1. The summed E-state index contributed by atoms with van der Waals surface area (Å²) in [4.78, 5) is 12.0. The van der Waals surface area contributed by atoms with E-state index in [1.807, 2.05) is 19.1 Å². The number of hydrogen-bond acceptors (Lipinski definition) is 5. The molecule has 0 heterocycles. The Hall–Kier alpha value is -2.73. The maximum atomic E-state index is 12.0. The number of amides is 1. The molecule has 0 aliphatic carbocycles. The second-order valence-electron chi connectivity index (χ2n) is 5.09. The van der Waals surface area contributed by atoms with E-state index in [4.69, 9.17) is 18.9 Å². The van der Waals surface area contributed by atoms with E-state index in [0.29, 0.717) is 37.0 Å². The summed E-state index contributed by atoms with van der Waals surface area (Å²) in [6.07, 6.45) is 0. The molecule has 0 saturated carbocycles. The van der Waals surface area contributed by atoms with Crippen LogP contribution < -0.4 is 19.5 Å². The zero-order valence-corrected chi connectivity index (χ0v) is 14.5. The van der Waals surface area contributed by atoms with E-state index in [0.717, 1.165) is 5.75 Å². The van der Waals surface area contributed by atoms with Gasteiger partial charge in [-0.2, -0.15) is 0 Å². The molecule has 6 nitrogen and oxygen atoms in total. The van der Waals surface area contributed by atoms with E-state index in [2.05, 4.69) is 5.32 Å². The third kappa shape index (κ3) is 6.73. The molecule has 0 bridgehead atoms. The van der Waals surface area contributed by atoms with E-state index >= 15 is 0 Å². The van der Waals surface area contributed by atoms with Crippen LogP contribution in [0.15, 0.2) is 48.5 Å². The van der Waals surface area contributed by atoms with Gasteiger partial charge in [0.05, 0.1) is 13.7 Å². The van der Waals surface area contributed by atoms with Crippen LogP contribution in [-0.2, 0) is 9.53 Å². The van der Waals surface area contributed by atoms with Gasteiger partial charge in [-0.25, -0.2) is 0 Å². The summed E-state index contributed by atoms with van der Waals surface area (Å²) in [6, 6.07) is 14.2. The van der Waals surface area contributed by atoms with Crippen molar-refractivity contribution in [3.63, 3.8) is 0 Å². The zero-order chi connectivity index (χ0) is 17.9. The van der Waals surface area contributed by atoms with Gasteiger partial charge in [0.1, 0.15) is 23.9 Å². The lowest BCUT2D eigenvalue weighted by Crippen LogP contribution is -2.20. The van der Waals surface area contributed by atoms with Crippen LogP contribution in [0.3, 0.4) is 0 Å². The van der Waals surface area contributed by atoms with Crippen molar-refractivity contribution in [3.05, 3.63) is 48.5 Å². The van der Waals surface area contributed by atoms with Crippen molar-refractivity contribution in [3.8, 4) is 17.2 Å². The van der Waals surface area contributed by atoms with E-state index in [-0.39, 0.29) is 12.5 Å². The molecule has 0 aliphatic heterocycles. The molecule has 0 saturated heterocycles. The van der Waals surface area contributed by atoms with E-state index < -0.39 is 0 Å². The zero-order valence-electron chi connectivity index (χ0n) is 14.5. The lowest BCUT2D eigenvalue weighted by Gasteiger charge is -2.10. The van der Waals surface area contributed by atoms with Crippen molar-refractivity contribution in [2.24, 2.45) is 0 Å². The van der Waals surface area contributed by atoms with Crippen LogP contribution in [0.2, 0.25) is 0 Å². The number of benzene rings is 2. The molecule has 2 aromatic rings. The first kappa shape index (κ1) is 18.6. The molecule has 0 aromatic heterocycles. The molecule has 25 heavy (non-hydrogen) atoms. The molecule has 2 rings (SSSR count). The fourth-order valence-electron chi connectivity index (χ4n) is 2.04.